The van der Waals surface area contributed by atoms with Crippen molar-refractivity contribution in [3.63, 3.8) is 0 Å². The first-order chi connectivity index (χ1) is 7.80. The van der Waals surface area contributed by atoms with Crippen LogP contribution in [0.5, 0.6) is 0 Å². The van der Waals surface area contributed by atoms with Gasteiger partial charge < -0.3 is 0 Å². The molecule has 1 aromatic rings. The van der Waals surface area contributed by atoms with E-state index >= 15 is 0 Å². The van der Waals surface area contributed by atoms with E-state index in [1.165, 1.54) is 4.31 Å². The molecule has 3 nitrogen and oxygen atoms in total. The van der Waals surface area contributed by atoms with Gasteiger partial charge in [-0.3, -0.25) is 0 Å². The molecule has 0 heterocycles. The second-order valence-electron chi connectivity index (χ2n) is 4.21. The SMILES string of the molecule is CCC(C)N(C)S(=O)(=O)c1ccc(C)cc1Br. The van der Waals surface area contributed by atoms with Crippen molar-refractivity contribution in [2.75, 3.05) is 7.05 Å². The number of hydrogen-bond acceptors (Lipinski definition) is 2. The summed E-state index contributed by atoms with van der Waals surface area (Å²) in [5.41, 5.74) is 1.03. The molecule has 0 saturated carbocycles. The van der Waals surface area contributed by atoms with Crippen LogP contribution in [0, 0.1) is 6.92 Å². The first-order valence-corrected chi connectivity index (χ1v) is 7.78. The number of rotatable bonds is 4. The van der Waals surface area contributed by atoms with Gasteiger partial charge in [0.15, 0.2) is 0 Å². The van der Waals surface area contributed by atoms with Crippen LogP contribution in [0.15, 0.2) is 27.6 Å². The molecule has 0 aliphatic heterocycles. The highest BCUT2D eigenvalue weighted by Gasteiger charge is 2.26. The molecular formula is C12H18BrNO2S. The van der Waals surface area contributed by atoms with Crippen molar-refractivity contribution < 1.29 is 8.42 Å². The largest absolute Gasteiger partial charge is 0.244 e. The highest BCUT2D eigenvalue weighted by atomic mass is 79.9. The second kappa shape index (κ2) is 5.50. The average molecular weight is 320 g/mol. The van der Waals surface area contributed by atoms with E-state index in [2.05, 4.69) is 15.9 Å². The number of hydrogen-bond donors (Lipinski definition) is 0. The molecule has 0 radical (unpaired) electrons. The number of halogens is 1. The summed E-state index contributed by atoms with van der Waals surface area (Å²) in [6, 6.07) is 5.26. The Morgan fingerprint density at radius 3 is 2.47 bits per heavy atom. The predicted molar refractivity (Wildman–Crippen MR) is 73.6 cm³/mol. The molecule has 0 aliphatic rings. The number of nitrogens with zero attached hydrogens (tertiary/aromatic N) is 1. The van der Waals surface area contributed by atoms with Crippen molar-refractivity contribution in [3.8, 4) is 0 Å². The highest BCUT2D eigenvalue weighted by Crippen LogP contribution is 2.26. The van der Waals surface area contributed by atoms with Gasteiger partial charge in [0.1, 0.15) is 0 Å². The van der Waals surface area contributed by atoms with Crippen molar-refractivity contribution in [2.45, 2.75) is 38.1 Å². The normalized spacial score (nSPS) is 14.0. The first-order valence-electron chi connectivity index (χ1n) is 5.55. The molecule has 0 spiro atoms. The number of sulfonamides is 1. The zero-order chi connectivity index (χ0) is 13.2. The van der Waals surface area contributed by atoms with Crippen molar-refractivity contribution >= 4 is 26.0 Å². The highest BCUT2D eigenvalue weighted by molar-refractivity contribution is 9.10. The zero-order valence-electron chi connectivity index (χ0n) is 10.6. The van der Waals surface area contributed by atoms with Crippen LogP contribution >= 0.6 is 15.9 Å². The van der Waals surface area contributed by atoms with Gasteiger partial charge in [0, 0.05) is 17.6 Å². The molecule has 1 atom stereocenters. The summed E-state index contributed by atoms with van der Waals surface area (Å²) < 4.78 is 26.8. The predicted octanol–water partition coefficient (Wildman–Crippen LogP) is 3.18. The van der Waals surface area contributed by atoms with E-state index in [1.807, 2.05) is 32.9 Å². The Balaban J connectivity index is 3.22. The van der Waals surface area contributed by atoms with Crippen molar-refractivity contribution in [1.82, 2.24) is 4.31 Å². The van der Waals surface area contributed by atoms with E-state index < -0.39 is 10.0 Å². The third kappa shape index (κ3) is 3.09. The Labute approximate surface area is 112 Å². The van der Waals surface area contributed by atoms with Crippen LogP contribution in [0.4, 0.5) is 0 Å². The molecule has 1 unspecified atom stereocenters. The lowest BCUT2D eigenvalue weighted by atomic mass is 10.2. The van der Waals surface area contributed by atoms with Gasteiger partial charge in [-0.25, -0.2) is 8.42 Å². The van der Waals surface area contributed by atoms with Gasteiger partial charge in [-0.15, -0.1) is 0 Å². The number of aryl methyl sites for hydroxylation is 1. The van der Waals surface area contributed by atoms with Crippen LogP contribution in [-0.2, 0) is 10.0 Å². The third-order valence-electron chi connectivity index (χ3n) is 2.96. The Kier molecular flexibility index (Phi) is 4.75. The summed E-state index contributed by atoms with van der Waals surface area (Å²) in [5, 5.41) is 0. The first kappa shape index (κ1) is 14.7. The smallest absolute Gasteiger partial charge is 0.207 e. The van der Waals surface area contributed by atoms with Crippen LogP contribution < -0.4 is 0 Å². The number of benzene rings is 1. The fourth-order valence-corrected chi connectivity index (χ4v) is 4.05. The fraction of sp³-hybridized carbons (Fsp3) is 0.500. The van der Waals surface area contributed by atoms with Crippen LogP contribution in [0.25, 0.3) is 0 Å². The summed E-state index contributed by atoms with van der Waals surface area (Å²) in [6.45, 7) is 5.81. The van der Waals surface area contributed by atoms with Crippen LogP contribution in [0.3, 0.4) is 0 Å². The Morgan fingerprint density at radius 1 is 1.41 bits per heavy atom. The minimum atomic E-state index is -3.41. The van der Waals surface area contributed by atoms with Gasteiger partial charge in [-0.05, 0) is 53.9 Å². The van der Waals surface area contributed by atoms with E-state index in [-0.39, 0.29) is 6.04 Å². The monoisotopic (exact) mass is 319 g/mol. The zero-order valence-corrected chi connectivity index (χ0v) is 13.0. The topological polar surface area (TPSA) is 37.4 Å². The molecule has 0 N–H and O–H groups in total. The molecule has 0 fully saturated rings. The van der Waals surface area contributed by atoms with E-state index in [1.54, 1.807) is 13.1 Å². The third-order valence-corrected chi connectivity index (χ3v) is 5.90. The summed E-state index contributed by atoms with van der Waals surface area (Å²) in [7, 11) is -1.79. The molecule has 0 aromatic heterocycles. The molecule has 17 heavy (non-hydrogen) atoms. The quantitative estimate of drug-likeness (QED) is 0.854. The lowest BCUT2D eigenvalue weighted by molar-refractivity contribution is 0.380. The lowest BCUT2D eigenvalue weighted by Crippen LogP contribution is -2.34. The molecular weight excluding hydrogens is 302 g/mol. The minimum absolute atomic E-state index is 0.00629. The summed E-state index contributed by atoms with van der Waals surface area (Å²) in [5.74, 6) is 0. The van der Waals surface area contributed by atoms with Crippen molar-refractivity contribution in [2.24, 2.45) is 0 Å². The van der Waals surface area contributed by atoms with Gasteiger partial charge in [-0.1, -0.05) is 13.0 Å². The van der Waals surface area contributed by atoms with E-state index in [0.29, 0.717) is 9.37 Å². The molecule has 0 amide bonds. The molecule has 1 aromatic carbocycles. The Bertz CT molecular complexity index is 499. The molecule has 5 heteroatoms. The van der Waals surface area contributed by atoms with Crippen molar-refractivity contribution in [1.29, 1.82) is 0 Å². The molecule has 96 valence electrons. The van der Waals surface area contributed by atoms with Gasteiger partial charge in [-0.2, -0.15) is 4.31 Å². The maximum atomic E-state index is 12.4. The lowest BCUT2D eigenvalue weighted by Gasteiger charge is -2.23. The van der Waals surface area contributed by atoms with Gasteiger partial charge in [0.25, 0.3) is 0 Å². The van der Waals surface area contributed by atoms with E-state index in [0.717, 1.165) is 12.0 Å². The Morgan fingerprint density at radius 2 is 2.00 bits per heavy atom. The van der Waals surface area contributed by atoms with Gasteiger partial charge >= 0.3 is 0 Å². The average Bonchev–Trinajstić information content (AvgIpc) is 2.26. The minimum Gasteiger partial charge on any atom is -0.207 e. The molecule has 1 rings (SSSR count). The van der Waals surface area contributed by atoms with Gasteiger partial charge in [0.2, 0.25) is 10.0 Å². The summed E-state index contributed by atoms with van der Waals surface area (Å²) in [6.07, 6.45) is 0.791. The maximum Gasteiger partial charge on any atom is 0.244 e. The fourth-order valence-electron chi connectivity index (χ4n) is 1.46. The molecule has 0 aliphatic carbocycles. The summed E-state index contributed by atoms with van der Waals surface area (Å²) >= 11 is 3.32. The Hall–Kier alpha value is -0.390. The van der Waals surface area contributed by atoms with Crippen LogP contribution in [0.2, 0.25) is 0 Å². The van der Waals surface area contributed by atoms with Gasteiger partial charge in [0.05, 0.1) is 4.90 Å². The standard InChI is InChI=1S/C12H18BrNO2S/c1-5-10(3)14(4)17(15,16)12-7-6-9(2)8-11(12)13/h6-8,10H,5H2,1-4H3. The van der Waals surface area contributed by atoms with E-state index in [9.17, 15) is 8.42 Å². The van der Waals surface area contributed by atoms with E-state index in [4.69, 9.17) is 0 Å². The molecule has 0 saturated heterocycles. The molecule has 0 bridgehead atoms. The van der Waals surface area contributed by atoms with Crippen LogP contribution in [0.1, 0.15) is 25.8 Å². The van der Waals surface area contributed by atoms with Crippen LogP contribution in [-0.4, -0.2) is 25.8 Å². The summed E-state index contributed by atoms with van der Waals surface area (Å²) in [4.78, 5) is 0.325. The second-order valence-corrected chi connectivity index (χ2v) is 7.03. The maximum absolute atomic E-state index is 12.4. The van der Waals surface area contributed by atoms with Crippen molar-refractivity contribution in [3.05, 3.63) is 28.2 Å².